The summed E-state index contributed by atoms with van der Waals surface area (Å²) in [6.07, 6.45) is 3.73. The molecule has 1 amide bonds. The molecule has 2 saturated heterocycles. The monoisotopic (exact) mass is 571 g/mol. The number of rotatable bonds is 7. The summed E-state index contributed by atoms with van der Waals surface area (Å²) in [6.45, 7) is 10.3. The number of piperidine rings is 1. The van der Waals surface area contributed by atoms with E-state index in [2.05, 4.69) is 27.3 Å². The SMILES string of the molecule is CC(C)(C)OC(=O)N[C@H]1CCC[C@@H]1[C@](C#N)(c1cccc(F)c1)C1CCN(CC2CN(c3ccc(C#N)cc3)C2)CC1. The van der Waals surface area contributed by atoms with Crippen molar-refractivity contribution in [3.05, 3.63) is 65.5 Å². The quantitative estimate of drug-likeness (QED) is 0.438. The second-order valence-electron chi connectivity index (χ2n) is 13.3. The number of nitrogens with zero attached hydrogens (tertiary/aromatic N) is 4. The first-order chi connectivity index (χ1) is 20.1. The Labute approximate surface area is 249 Å². The van der Waals surface area contributed by atoms with Crippen LogP contribution >= 0.6 is 0 Å². The van der Waals surface area contributed by atoms with Crippen molar-refractivity contribution in [1.29, 1.82) is 10.5 Å². The van der Waals surface area contributed by atoms with Gasteiger partial charge in [0.05, 0.1) is 23.1 Å². The number of anilines is 1. The molecule has 2 aromatic rings. The van der Waals surface area contributed by atoms with E-state index in [4.69, 9.17) is 10.00 Å². The number of hydrogen-bond donors (Lipinski definition) is 1. The first-order valence-electron chi connectivity index (χ1n) is 15.3. The van der Waals surface area contributed by atoms with E-state index in [9.17, 15) is 14.4 Å². The van der Waals surface area contributed by atoms with Gasteiger partial charge in [-0.3, -0.25) is 0 Å². The van der Waals surface area contributed by atoms with E-state index in [0.29, 0.717) is 11.5 Å². The van der Waals surface area contributed by atoms with E-state index in [0.717, 1.165) is 76.1 Å². The standard InChI is InChI=1S/C34H42FN5O2/c1-33(2,3)42-32(41)38-31-9-5-8-30(31)34(23-37,27-6-4-7-28(35)18-27)26-14-16-39(17-15-26)20-25-21-40(22-25)29-12-10-24(19-36)11-13-29/h4,6-7,10-13,18,25-26,30-31H,5,8-9,14-17,20-22H2,1-3H3,(H,38,41)/t30-,31-,34-/m0/s1. The lowest BCUT2D eigenvalue weighted by molar-refractivity contribution is 0.0456. The fourth-order valence-corrected chi connectivity index (χ4v) is 7.45. The average molecular weight is 572 g/mol. The largest absolute Gasteiger partial charge is 0.444 e. The minimum Gasteiger partial charge on any atom is -0.444 e. The number of halogens is 1. The van der Waals surface area contributed by atoms with Gasteiger partial charge in [-0.15, -0.1) is 0 Å². The number of amides is 1. The van der Waals surface area contributed by atoms with E-state index >= 15 is 0 Å². The number of carbonyl (C=O) groups is 1. The van der Waals surface area contributed by atoms with Crippen LogP contribution in [0.15, 0.2) is 48.5 Å². The molecule has 0 radical (unpaired) electrons. The average Bonchev–Trinajstić information content (AvgIpc) is 3.39. The smallest absolute Gasteiger partial charge is 0.407 e. The van der Waals surface area contributed by atoms with Gasteiger partial charge in [0.25, 0.3) is 0 Å². The Balaban J connectivity index is 1.26. The maximum atomic E-state index is 14.6. The van der Waals surface area contributed by atoms with Gasteiger partial charge in [-0.2, -0.15) is 10.5 Å². The van der Waals surface area contributed by atoms with Crippen LogP contribution in [0.1, 0.15) is 64.0 Å². The van der Waals surface area contributed by atoms with Crippen molar-refractivity contribution in [3.63, 3.8) is 0 Å². The van der Waals surface area contributed by atoms with Crippen LogP contribution in [0.3, 0.4) is 0 Å². The zero-order valence-electron chi connectivity index (χ0n) is 25.0. The van der Waals surface area contributed by atoms with Gasteiger partial charge < -0.3 is 19.9 Å². The van der Waals surface area contributed by atoms with Crippen LogP contribution in [0.4, 0.5) is 14.9 Å². The zero-order valence-corrected chi connectivity index (χ0v) is 25.0. The molecule has 222 valence electrons. The first-order valence-corrected chi connectivity index (χ1v) is 15.3. The van der Waals surface area contributed by atoms with Gasteiger partial charge in [-0.1, -0.05) is 18.6 Å². The lowest BCUT2D eigenvalue weighted by Crippen LogP contribution is -2.55. The third-order valence-electron chi connectivity index (χ3n) is 9.36. The summed E-state index contributed by atoms with van der Waals surface area (Å²) < 4.78 is 20.2. The molecule has 0 unspecified atom stereocenters. The molecule has 1 saturated carbocycles. The molecular formula is C34H42FN5O2. The number of likely N-dealkylation sites (tertiary alicyclic amines) is 1. The molecule has 5 rings (SSSR count). The highest BCUT2D eigenvalue weighted by Gasteiger charge is 2.53. The Morgan fingerprint density at radius 2 is 1.76 bits per heavy atom. The van der Waals surface area contributed by atoms with Crippen molar-refractivity contribution >= 4 is 11.8 Å². The van der Waals surface area contributed by atoms with E-state index < -0.39 is 17.1 Å². The van der Waals surface area contributed by atoms with Crippen molar-refractivity contribution in [2.24, 2.45) is 17.8 Å². The zero-order chi connectivity index (χ0) is 29.9. The maximum Gasteiger partial charge on any atom is 0.407 e. The van der Waals surface area contributed by atoms with Gasteiger partial charge in [0.15, 0.2) is 0 Å². The Morgan fingerprint density at radius 1 is 1.05 bits per heavy atom. The van der Waals surface area contributed by atoms with Crippen LogP contribution < -0.4 is 10.2 Å². The summed E-state index contributed by atoms with van der Waals surface area (Å²) in [5, 5.41) is 23.1. The summed E-state index contributed by atoms with van der Waals surface area (Å²) in [5.74, 6) is 0.179. The van der Waals surface area contributed by atoms with Gasteiger partial charge >= 0.3 is 6.09 Å². The van der Waals surface area contributed by atoms with Gasteiger partial charge in [0.2, 0.25) is 0 Å². The highest BCUT2D eigenvalue weighted by molar-refractivity contribution is 5.68. The number of ether oxygens (including phenoxy) is 1. The fraction of sp³-hybridized carbons (Fsp3) is 0.559. The normalized spacial score (nSPS) is 23.3. The lowest BCUT2D eigenvalue weighted by Gasteiger charge is -2.48. The Kier molecular flexibility index (Phi) is 8.76. The molecular weight excluding hydrogens is 529 g/mol. The predicted molar refractivity (Wildman–Crippen MR) is 160 cm³/mol. The number of nitriles is 2. The third kappa shape index (κ3) is 6.40. The molecule has 2 aromatic carbocycles. The van der Waals surface area contributed by atoms with Crippen LogP contribution in [0, 0.1) is 46.2 Å². The van der Waals surface area contributed by atoms with Gasteiger partial charge in [0, 0.05) is 43.2 Å². The molecule has 0 spiro atoms. The lowest BCUT2D eigenvalue weighted by atomic mass is 9.59. The van der Waals surface area contributed by atoms with E-state index in [1.165, 1.54) is 12.1 Å². The van der Waals surface area contributed by atoms with Crippen LogP contribution in [-0.2, 0) is 10.2 Å². The predicted octanol–water partition coefficient (Wildman–Crippen LogP) is 6.00. The minimum atomic E-state index is -0.896. The fourth-order valence-electron chi connectivity index (χ4n) is 7.45. The molecule has 1 N–H and O–H groups in total. The summed E-state index contributed by atoms with van der Waals surface area (Å²) in [5.41, 5.74) is 1.05. The van der Waals surface area contributed by atoms with E-state index in [1.807, 2.05) is 51.1 Å². The minimum absolute atomic E-state index is 0.0584. The second-order valence-corrected chi connectivity index (χ2v) is 13.3. The maximum absolute atomic E-state index is 14.6. The van der Waals surface area contributed by atoms with E-state index in [-0.39, 0.29) is 23.7 Å². The van der Waals surface area contributed by atoms with Crippen molar-refractivity contribution < 1.29 is 13.9 Å². The van der Waals surface area contributed by atoms with Gasteiger partial charge in [0.1, 0.15) is 11.4 Å². The highest BCUT2D eigenvalue weighted by atomic mass is 19.1. The van der Waals surface area contributed by atoms with Crippen LogP contribution in [-0.4, -0.2) is 55.4 Å². The van der Waals surface area contributed by atoms with E-state index in [1.54, 1.807) is 6.07 Å². The summed E-state index contributed by atoms with van der Waals surface area (Å²) >= 11 is 0. The molecule has 2 heterocycles. The molecule has 0 aromatic heterocycles. The third-order valence-corrected chi connectivity index (χ3v) is 9.36. The molecule has 1 aliphatic carbocycles. The van der Waals surface area contributed by atoms with Crippen LogP contribution in [0.25, 0.3) is 0 Å². The van der Waals surface area contributed by atoms with Gasteiger partial charge in [-0.25, -0.2) is 9.18 Å². The number of nitrogens with one attached hydrogen (secondary N) is 1. The number of alkyl carbamates (subject to hydrolysis) is 1. The number of carbonyl (C=O) groups excluding carboxylic acids is 1. The Morgan fingerprint density at radius 3 is 2.38 bits per heavy atom. The van der Waals surface area contributed by atoms with Crippen molar-refractivity contribution in [3.8, 4) is 12.1 Å². The highest BCUT2D eigenvalue weighted by Crippen LogP contribution is 2.50. The molecule has 3 aliphatic rings. The number of hydrogen-bond acceptors (Lipinski definition) is 6. The molecule has 42 heavy (non-hydrogen) atoms. The van der Waals surface area contributed by atoms with Crippen LogP contribution in [0.5, 0.6) is 0 Å². The molecule has 7 nitrogen and oxygen atoms in total. The Hall–Kier alpha value is -3.62. The number of benzene rings is 2. The molecule has 8 heteroatoms. The van der Waals surface area contributed by atoms with Crippen molar-refractivity contribution in [1.82, 2.24) is 10.2 Å². The van der Waals surface area contributed by atoms with Crippen molar-refractivity contribution in [2.45, 2.75) is 69.9 Å². The molecule has 3 fully saturated rings. The molecule has 0 bridgehead atoms. The summed E-state index contributed by atoms with van der Waals surface area (Å²) in [6, 6.07) is 19.0. The second kappa shape index (κ2) is 12.3. The Bertz CT molecular complexity index is 1330. The molecule has 2 aliphatic heterocycles. The van der Waals surface area contributed by atoms with Gasteiger partial charge in [-0.05, 0) is 107 Å². The first kappa shape index (κ1) is 29.9. The van der Waals surface area contributed by atoms with Crippen molar-refractivity contribution in [2.75, 3.05) is 37.6 Å². The summed E-state index contributed by atoms with van der Waals surface area (Å²) in [7, 11) is 0. The molecule has 3 atom stereocenters. The summed E-state index contributed by atoms with van der Waals surface area (Å²) in [4.78, 5) is 17.6. The van der Waals surface area contributed by atoms with Crippen LogP contribution in [0.2, 0.25) is 0 Å². The topological polar surface area (TPSA) is 92.4 Å².